The maximum atomic E-state index is 13.8. The van der Waals surface area contributed by atoms with Crippen LogP contribution in [0, 0.1) is 5.82 Å². The summed E-state index contributed by atoms with van der Waals surface area (Å²) in [5, 5.41) is 4.20. The Morgan fingerprint density at radius 1 is 1.39 bits per heavy atom. The Kier molecular flexibility index (Phi) is 4.87. The van der Waals surface area contributed by atoms with E-state index in [-0.39, 0.29) is 24.3 Å². The fourth-order valence-corrected chi connectivity index (χ4v) is 1.68. The molecule has 3 nitrogen and oxygen atoms in total. The predicted octanol–water partition coefficient (Wildman–Crippen LogP) is 3.15. The summed E-state index contributed by atoms with van der Waals surface area (Å²) in [6, 6.07) is 5.34. The van der Waals surface area contributed by atoms with Gasteiger partial charge in [-0.25, -0.2) is 4.39 Å². The van der Waals surface area contributed by atoms with Crippen molar-refractivity contribution in [3.63, 3.8) is 0 Å². The van der Waals surface area contributed by atoms with Crippen LogP contribution in [0.5, 0.6) is 0 Å². The molecule has 0 atom stereocenters. The van der Waals surface area contributed by atoms with E-state index in [4.69, 9.17) is 5.73 Å². The van der Waals surface area contributed by atoms with Crippen LogP contribution >= 0.6 is 12.4 Å². The lowest BCUT2D eigenvalue weighted by Crippen LogP contribution is -1.99. The summed E-state index contributed by atoms with van der Waals surface area (Å²) in [5.74, 6) is -0.253. The van der Waals surface area contributed by atoms with Gasteiger partial charge in [-0.1, -0.05) is 12.1 Å². The third-order valence-electron chi connectivity index (χ3n) is 2.71. The summed E-state index contributed by atoms with van der Waals surface area (Å²) in [6.07, 6.45) is 3.53. The summed E-state index contributed by atoms with van der Waals surface area (Å²) in [7, 11) is 0. The highest BCUT2D eigenvalue weighted by Crippen LogP contribution is 2.23. The second-order valence-corrected chi connectivity index (χ2v) is 4.32. The number of rotatable bonds is 3. The van der Waals surface area contributed by atoms with Crippen LogP contribution in [0.4, 0.5) is 4.39 Å². The Balaban J connectivity index is 0.00000162. The first-order valence-electron chi connectivity index (χ1n) is 5.65. The number of nitrogens with two attached hydrogens (primary N) is 1. The van der Waals surface area contributed by atoms with Gasteiger partial charge in [0.05, 0.1) is 6.20 Å². The van der Waals surface area contributed by atoms with Crippen LogP contribution in [-0.4, -0.2) is 9.78 Å². The largest absolute Gasteiger partial charge is 0.326 e. The van der Waals surface area contributed by atoms with E-state index >= 15 is 0 Å². The van der Waals surface area contributed by atoms with Gasteiger partial charge in [-0.15, -0.1) is 12.4 Å². The molecule has 1 aromatic carbocycles. The third-order valence-corrected chi connectivity index (χ3v) is 2.71. The molecule has 0 fully saturated rings. The van der Waals surface area contributed by atoms with E-state index in [0.717, 1.165) is 11.1 Å². The summed E-state index contributed by atoms with van der Waals surface area (Å²) >= 11 is 0. The third kappa shape index (κ3) is 2.89. The van der Waals surface area contributed by atoms with E-state index in [2.05, 4.69) is 5.10 Å². The maximum Gasteiger partial charge on any atom is 0.131 e. The maximum absolute atomic E-state index is 13.8. The Morgan fingerprint density at radius 2 is 2.11 bits per heavy atom. The molecule has 0 aliphatic heterocycles. The molecule has 98 valence electrons. The minimum atomic E-state index is -0.253. The fourth-order valence-electron chi connectivity index (χ4n) is 1.68. The summed E-state index contributed by atoms with van der Waals surface area (Å²) < 4.78 is 15.7. The van der Waals surface area contributed by atoms with Gasteiger partial charge in [0.25, 0.3) is 0 Å². The molecule has 0 amide bonds. The molecule has 1 aromatic heterocycles. The molecular formula is C13H17ClFN3. The Morgan fingerprint density at radius 3 is 2.61 bits per heavy atom. The van der Waals surface area contributed by atoms with Gasteiger partial charge in [-0.05, 0) is 25.5 Å². The van der Waals surface area contributed by atoms with E-state index < -0.39 is 0 Å². The molecule has 0 aliphatic carbocycles. The van der Waals surface area contributed by atoms with Crippen LogP contribution in [0.25, 0.3) is 11.1 Å². The SMILES string of the molecule is CC(C)n1cc(-c2ccc(CN)cc2F)cn1.Cl. The standard InChI is InChI=1S/C13H16FN3.ClH/c1-9(2)17-8-11(7-16-17)12-4-3-10(6-15)5-13(12)14;/h3-5,7-9H,6,15H2,1-2H3;1H. The van der Waals surface area contributed by atoms with Crippen molar-refractivity contribution in [2.45, 2.75) is 26.4 Å². The smallest absolute Gasteiger partial charge is 0.131 e. The molecule has 0 saturated carbocycles. The Labute approximate surface area is 112 Å². The van der Waals surface area contributed by atoms with Crippen molar-refractivity contribution in [2.24, 2.45) is 5.73 Å². The van der Waals surface area contributed by atoms with Gasteiger partial charge < -0.3 is 5.73 Å². The Hall–Kier alpha value is -1.39. The zero-order valence-corrected chi connectivity index (χ0v) is 11.2. The highest BCUT2D eigenvalue weighted by Gasteiger charge is 2.09. The number of aromatic nitrogens is 2. The van der Waals surface area contributed by atoms with Gasteiger partial charge >= 0.3 is 0 Å². The molecule has 18 heavy (non-hydrogen) atoms. The topological polar surface area (TPSA) is 43.8 Å². The Bertz CT molecular complexity index is 523. The van der Waals surface area contributed by atoms with E-state index in [0.29, 0.717) is 12.1 Å². The molecular weight excluding hydrogens is 253 g/mol. The van der Waals surface area contributed by atoms with Crippen molar-refractivity contribution < 1.29 is 4.39 Å². The normalized spacial score (nSPS) is 10.5. The van der Waals surface area contributed by atoms with Crippen molar-refractivity contribution in [1.29, 1.82) is 0 Å². The van der Waals surface area contributed by atoms with Crippen LogP contribution in [0.3, 0.4) is 0 Å². The van der Waals surface area contributed by atoms with Crippen LogP contribution in [0.2, 0.25) is 0 Å². The molecule has 0 spiro atoms. The zero-order valence-electron chi connectivity index (χ0n) is 10.4. The minimum absolute atomic E-state index is 0. The van der Waals surface area contributed by atoms with Crippen LogP contribution < -0.4 is 5.73 Å². The van der Waals surface area contributed by atoms with Gasteiger partial charge in [0, 0.05) is 29.9 Å². The highest BCUT2D eigenvalue weighted by atomic mass is 35.5. The summed E-state index contributed by atoms with van der Waals surface area (Å²) in [6.45, 7) is 4.41. The first-order valence-corrected chi connectivity index (χ1v) is 5.65. The molecule has 0 saturated heterocycles. The monoisotopic (exact) mass is 269 g/mol. The van der Waals surface area contributed by atoms with Gasteiger partial charge in [0.2, 0.25) is 0 Å². The molecule has 1 heterocycles. The van der Waals surface area contributed by atoms with Crippen molar-refractivity contribution in [3.05, 3.63) is 42.0 Å². The number of hydrogen-bond donors (Lipinski definition) is 1. The fraction of sp³-hybridized carbons (Fsp3) is 0.308. The number of nitrogens with zero attached hydrogens (tertiary/aromatic N) is 2. The average molecular weight is 270 g/mol. The molecule has 0 unspecified atom stereocenters. The first kappa shape index (κ1) is 14.7. The zero-order chi connectivity index (χ0) is 12.4. The second kappa shape index (κ2) is 5.98. The van der Waals surface area contributed by atoms with Gasteiger partial charge in [0.1, 0.15) is 5.82 Å². The van der Waals surface area contributed by atoms with Crippen molar-refractivity contribution in [2.75, 3.05) is 0 Å². The minimum Gasteiger partial charge on any atom is -0.326 e. The average Bonchev–Trinajstić information content (AvgIpc) is 2.78. The lowest BCUT2D eigenvalue weighted by atomic mass is 10.1. The second-order valence-electron chi connectivity index (χ2n) is 4.32. The molecule has 0 bridgehead atoms. The molecule has 2 N–H and O–H groups in total. The van der Waals surface area contributed by atoms with Crippen LogP contribution in [0.1, 0.15) is 25.5 Å². The number of benzene rings is 1. The van der Waals surface area contributed by atoms with Crippen molar-refractivity contribution in [3.8, 4) is 11.1 Å². The molecule has 0 radical (unpaired) electrons. The van der Waals surface area contributed by atoms with Gasteiger partial charge in [-0.2, -0.15) is 5.10 Å². The number of halogens is 2. The van der Waals surface area contributed by atoms with Crippen LogP contribution in [-0.2, 0) is 6.54 Å². The van der Waals surface area contributed by atoms with E-state index in [1.807, 2.05) is 30.8 Å². The lowest BCUT2D eigenvalue weighted by Gasteiger charge is -2.04. The molecule has 2 aromatic rings. The molecule has 0 aliphatic rings. The lowest BCUT2D eigenvalue weighted by molar-refractivity contribution is 0.532. The summed E-state index contributed by atoms with van der Waals surface area (Å²) in [4.78, 5) is 0. The molecule has 2 rings (SSSR count). The first-order chi connectivity index (χ1) is 8.11. The van der Waals surface area contributed by atoms with E-state index in [1.54, 1.807) is 12.3 Å². The highest BCUT2D eigenvalue weighted by molar-refractivity contribution is 5.85. The quantitative estimate of drug-likeness (QED) is 0.930. The predicted molar refractivity (Wildman–Crippen MR) is 73.1 cm³/mol. The van der Waals surface area contributed by atoms with E-state index in [1.165, 1.54) is 6.07 Å². The van der Waals surface area contributed by atoms with Gasteiger partial charge in [0.15, 0.2) is 0 Å². The van der Waals surface area contributed by atoms with Crippen molar-refractivity contribution >= 4 is 12.4 Å². The van der Waals surface area contributed by atoms with E-state index in [9.17, 15) is 4.39 Å². The van der Waals surface area contributed by atoms with Crippen LogP contribution in [0.15, 0.2) is 30.6 Å². The summed E-state index contributed by atoms with van der Waals surface area (Å²) in [5.41, 5.74) is 7.62. The number of hydrogen-bond acceptors (Lipinski definition) is 2. The van der Waals surface area contributed by atoms with Gasteiger partial charge in [-0.3, -0.25) is 4.68 Å². The molecule has 5 heteroatoms. The van der Waals surface area contributed by atoms with Crippen molar-refractivity contribution in [1.82, 2.24) is 9.78 Å².